The van der Waals surface area contributed by atoms with Gasteiger partial charge in [0.05, 0.1) is 0 Å². The molecule has 3 atom stereocenters. The van der Waals surface area contributed by atoms with E-state index in [1.807, 2.05) is 58.9 Å². The van der Waals surface area contributed by atoms with E-state index in [4.69, 9.17) is 0 Å². The summed E-state index contributed by atoms with van der Waals surface area (Å²) in [5.41, 5.74) is 4.66. The van der Waals surface area contributed by atoms with Gasteiger partial charge in [0, 0.05) is 43.5 Å². The van der Waals surface area contributed by atoms with Gasteiger partial charge in [0.2, 0.25) is 0 Å². The van der Waals surface area contributed by atoms with Crippen LogP contribution in [0, 0.1) is 12.7 Å². The van der Waals surface area contributed by atoms with Crippen molar-refractivity contribution in [1.82, 2.24) is 10.6 Å². The Bertz CT molecular complexity index is 949. The van der Waals surface area contributed by atoms with Gasteiger partial charge in [-0.1, -0.05) is 45.1 Å². The molecule has 5 nitrogen and oxygen atoms in total. The average molecular weight is 533 g/mol. The zero-order valence-corrected chi connectivity index (χ0v) is 25.0. The third-order valence-corrected chi connectivity index (χ3v) is 6.12. The lowest BCUT2D eigenvalue weighted by molar-refractivity contribution is -0.115. The molecule has 0 saturated heterocycles. The normalized spacial score (nSPS) is 20.1. The van der Waals surface area contributed by atoms with E-state index < -0.39 is 6.17 Å². The highest BCUT2D eigenvalue weighted by molar-refractivity contribution is 6.02. The van der Waals surface area contributed by atoms with Gasteiger partial charge in [0.1, 0.15) is 24.1 Å². The molecule has 0 aliphatic heterocycles. The number of aryl methyl sites for hydroxylation is 2. The number of rotatable bonds is 10. The maximum Gasteiger partial charge on any atom is 0.127 e. The van der Waals surface area contributed by atoms with E-state index in [0.717, 1.165) is 41.7 Å². The van der Waals surface area contributed by atoms with Crippen molar-refractivity contribution < 1.29 is 13.6 Å². The Morgan fingerprint density at radius 1 is 1.13 bits per heavy atom. The Labute approximate surface area is 230 Å². The molecule has 0 amide bonds. The first-order valence-electron chi connectivity index (χ1n) is 13.8. The summed E-state index contributed by atoms with van der Waals surface area (Å²) >= 11 is 0. The third-order valence-electron chi connectivity index (χ3n) is 6.12. The van der Waals surface area contributed by atoms with E-state index >= 15 is 0 Å². The van der Waals surface area contributed by atoms with Crippen molar-refractivity contribution in [2.75, 3.05) is 13.6 Å². The zero-order chi connectivity index (χ0) is 29.1. The van der Waals surface area contributed by atoms with Gasteiger partial charge in [-0.3, -0.25) is 4.99 Å². The highest BCUT2D eigenvalue weighted by Crippen LogP contribution is 2.23. The number of aliphatic imine (C=N–C) groups is 2. The summed E-state index contributed by atoms with van der Waals surface area (Å²) in [5.74, 6) is -0.0523. The van der Waals surface area contributed by atoms with Crippen LogP contribution in [0.25, 0.3) is 0 Å². The molecule has 1 fully saturated rings. The Morgan fingerprint density at radius 2 is 1.79 bits per heavy atom. The standard InChI is InChI=1S/C26H38F2N4.C3H6O.C2H6/c1-6-8-9-21(19(4)32-17-29-5)15-30-23-10-11-26(25(28)14-23)31-16-22-13-20(7-2)18(3)12-24(22)27;1-3(2)4;1-2/h6,8-9,12-13,17,23,25-26,30-31H,7,10-11,14-16H2,1-5H3;1-2H3;1-2H3/b8-6-,21-9-,29-17?,32-19?;;/t23-,25+,26-;;/m1../s1. The van der Waals surface area contributed by atoms with Crippen LogP contribution in [0.15, 0.2) is 45.9 Å². The number of hydrogen-bond acceptors (Lipinski definition) is 4. The summed E-state index contributed by atoms with van der Waals surface area (Å²) in [4.78, 5) is 17.7. The maximum absolute atomic E-state index is 14.9. The van der Waals surface area contributed by atoms with E-state index in [9.17, 15) is 13.6 Å². The molecule has 0 radical (unpaired) electrons. The molecule has 0 aromatic heterocycles. The number of alkyl halides is 1. The highest BCUT2D eigenvalue weighted by Gasteiger charge is 2.30. The fourth-order valence-corrected chi connectivity index (χ4v) is 4.06. The molecule has 1 aliphatic rings. The molecular weight excluding hydrogens is 482 g/mol. The second kappa shape index (κ2) is 20.5. The Kier molecular flexibility index (Phi) is 19.1. The Morgan fingerprint density at radius 3 is 2.34 bits per heavy atom. The molecule has 2 N–H and O–H groups in total. The first-order chi connectivity index (χ1) is 18.1. The predicted octanol–water partition coefficient (Wildman–Crippen LogP) is 6.88. The summed E-state index contributed by atoms with van der Waals surface area (Å²) in [5, 5.41) is 6.74. The monoisotopic (exact) mass is 532 g/mol. The molecular formula is C31H50F2N4O. The van der Waals surface area contributed by atoms with E-state index in [-0.39, 0.29) is 23.7 Å². The lowest BCUT2D eigenvalue weighted by Gasteiger charge is -2.33. The summed E-state index contributed by atoms with van der Waals surface area (Å²) < 4.78 is 29.2. The SMILES string of the molecule is C/C=C\C=C(\CN[C@@H]1CC[C@@H](NCc2cc(CC)c(C)cc2F)[C@@H](F)C1)C(C)=NC=NC.CC.CC(C)=O. The number of ketones is 1. The number of allylic oxidation sites excluding steroid dienone is 3. The van der Waals surface area contributed by atoms with Crippen LogP contribution in [0.2, 0.25) is 0 Å². The first-order valence-corrected chi connectivity index (χ1v) is 13.8. The van der Waals surface area contributed by atoms with Crippen LogP contribution < -0.4 is 10.6 Å². The molecule has 1 aromatic carbocycles. The molecule has 0 spiro atoms. The molecule has 2 rings (SSSR count). The molecule has 214 valence electrons. The lowest BCUT2D eigenvalue weighted by Crippen LogP contribution is -2.47. The number of Topliss-reactive ketones (excluding diaryl/α,β-unsaturated/α-hetero) is 1. The minimum absolute atomic E-state index is 0.104. The summed E-state index contributed by atoms with van der Waals surface area (Å²) in [7, 11) is 1.69. The average Bonchev–Trinajstić information content (AvgIpc) is 2.88. The van der Waals surface area contributed by atoms with Gasteiger partial charge < -0.3 is 15.4 Å². The quantitative estimate of drug-likeness (QED) is 0.196. The number of hydrogen-bond donors (Lipinski definition) is 2. The summed E-state index contributed by atoms with van der Waals surface area (Å²) in [6, 6.07) is 3.35. The Hall–Kier alpha value is -2.51. The number of nitrogens with one attached hydrogen (secondary N) is 2. The van der Waals surface area contributed by atoms with Gasteiger partial charge in [-0.15, -0.1) is 0 Å². The van der Waals surface area contributed by atoms with Gasteiger partial charge in [-0.25, -0.2) is 13.8 Å². The van der Waals surface area contributed by atoms with Crippen LogP contribution in [0.4, 0.5) is 8.78 Å². The zero-order valence-electron chi connectivity index (χ0n) is 25.0. The van der Waals surface area contributed by atoms with Crippen molar-refractivity contribution in [2.45, 2.75) is 106 Å². The van der Waals surface area contributed by atoms with Crippen LogP contribution in [-0.2, 0) is 17.8 Å². The maximum atomic E-state index is 14.9. The number of benzene rings is 1. The van der Waals surface area contributed by atoms with E-state index in [1.165, 1.54) is 20.2 Å². The van der Waals surface area contributed by atoms with Crippen LogP contribution in [0.5, 0.6) is 0 Å². The summed E-state index contributed by atoms with van der Waals surface area (Å²) in [6.45, 7) is 15.9. The number of carbonyl (C=O) groups excluding carboxylic acids is 1. The smallest absolute Gasteiger partial charge is 0.127 e. The first kappa shape index (κ1) is 35.5. The van der Waals surface area contributed by atoms with Crippen LogP contribution in [0.3, 0.4) is 0 Å². The van der Waals surface area contributed by atoms with E-state index in [1.54, 1.807) is 13.1 Å². The minimum atomic E-state index is -0.967. The van der Waals surface area contributed by atoms with Gasteiger partial charge in [-0.2, -0.15) is 0 Å². The number of carbonyl (C=O) groups is 1. The van der Waals surface area contributed by atoms with Crippen molar-refractivity contribution >= 4 is 17.8 Å². The molecule has 1 saturated carbocycles. The summed E-state index contributed by atoms with van der Waals surface area (Å²) in [6.07, 6.45) is 9.44. The molecule has 1 aliphatic carbocycles. The fourth-order valence-electron chi connectivity index (χ4n) is 4.06. The molecule has 0 bridgehead atoms. The second-order valence-corrected chi connectivity index (χ2v) is 9.33. The third kappa shape index (κ3) is 13.9. The predicted molar refractivity (Wildman–Crippen MR) is 160 cm³/mol. The fraction of sp³-hybridized carbons (Fsp3) is 0.581. The van der Waals surface area contributed by atoms with Crippen molar-refractivity contribution in [2.24, 2.45) is 9.98 Å². The largest absolute Gasteiger partial charge is 0.310 e. The molecule has 7 heteroatoms. The van der Waals surface area contributed by atoms with Crippen molar-refractivity contribution in [1.29, 1.82) is 0 Å². The topological polar surface area (TPSA) is 65.8 Å². The second-order valence-electron chi connectivity index (χ2n) is 9.33. The van der Waals surface area contributed by atoms with E-state index in [0.29, 0.717) is 25.1 Å². The van der Waals surface area contributed by atoms with Crippen LogP contribution in [-0.4, -0.2) is 49.7 Å². The lowest BCUT2D eigenvalue weighted by atomic mass is 9.89. The minimum Gasteiger partial charge on any atom is -0.310 e. The highest BCUT2D eigenvalue weighted by atomic mass is 19.1. The Balaban J connectivity index is 0.00000208. The van der Waals surface area contributed by atoms with Crippen molar-refractivity contribution in [3.8, 4) is 0 Å². The van der Waals surface area contributed by atoms with Gasteiger partial charge in [0.25, 0.3) is 0 Å². The molecule has 1 aromatic rings. The van der Waals surface area contributed by atoms with Crippen molar-refractivity contribution in [3.63, 3.8) is 0 Å². The molecule has 0 unspecified atom stereocenters. The van der Waals surface area contributed by atoms with E-state index in [2.05, 4.69) is 27.5 Å². The molecule has 0 heterocycles. The van der Waals surface area contributed by atoms with Gasteiger partial charge in [0.15, 0.2) is 0 Å². The van der Waals surface area contributed by atoms with Crippen molar-refractivity contribution in [3.05, 3.63) is 58.4 Å². The molecule has 38 heavy (non-hydrogen) atoms. The number of halogens is 2. The van der Waals surface area contributed by atoms with Gasteiger partial charge in [-0.05, 0) is 83.1 Å². The van der Waals surface area contributed by atoms with Crippen LogP contribution in [0.1, 0.15) is 84.4 Å². The number of nitrogens with zero attached hydrogens (tertiary/aromatic N) is 2. The van der Waals surface area contributed by atoms with Crippen LogP contribution >= 0.6 is 0 Å². The van der Waals surface area contributed by atoms with Gasteiger partial charge >= 0.3 is 0 Å².